The Morgan fingerprint density at radius 2 is 2.38 bits per heavy atom. The molecule has 0 aliphatic rings. The van der Waals surface area contributed by atoms with Crippen LogP contribution in [0.4, 0.5) is 4.39 Å². The van der Waals surface area contributed by atoms with Gasteiger partial charge in [-0.15, -0.1) is 11.3 Å². The zero-order valence-corrected chi connectivity index (χ0v) is 9.25. The fourth-order valence-electron chi connectivity index (χ4n) is 1.33. The topological polar surface area (TPSA) is 33.1 Å². The Morgan fingerprint density at radius 1 is 1.50 bits per heavy atom. The first-order valence-corrected chi connectivity index (χ1v) is 5.65. The van der Waals surface area contributed by atoms with E-state index < -0.39 is 0 Å². The summed E-state index contributed by atoms with van der Waals surface area (Å²) in [5, 5.41) is 10.5. The van der Waals surface area contributed by atoms with Crippen LogP contribution in [0.1, 0.15) is 4.88 Å². The first-order chi connectivity index (χ1) is 7.81. The highest BCUT2D eigenvalue weighted by molar-refractivity contribution is 7.11. The number of pyridine rings is 1. The average Bonchev–Trinajstić information content (AvgIpc) is 2.80. The predicted octanol–water partition coefficient (Wildman–Crippen LogP) is 3.11. The monoisotopic (exact) mass is 235 g/mol. The Balaban J connectivity index is 2.30. The summed E-state index contributed by atoms with van der Waals surface area (Å²) >= 11 is 1.31. The Morgan fingerprint density at radius 3 is 3.06 bits per heavy atom. The summed E-state index contributed by atoms with van der Waals surface area (Å²) in [6, 6.07) is 5.52. The van der Waals surface area contributed by atoms with E-state index in [4.69, 9.17) is 5.11 Å². The molecule has 0 aromatic carbocycles. The van der Waals surface area contributed by atoms with E-state index in [-0.39, 0.29) is 12.4 Å². The second kappa shape index (κ2) is 5.01. The highest BCUT2D eigenvalue weighted by atomic mass is 32.1. The number of hydrogen-bond acceptors (Lipinski definition) is 3. The van der Waals surface area contributed by atoms with Gasteiger partial charge in [0.15, 0.2) is 0 Å². The van der Waals surface area contributed by atoms with Gasteiger partial charge >= 0.3 is 0 Å². The average molecular weight is 235 g/mol. The molecular weight excluding hydrogens is 225 g/mol. The van der Waals surface area contributed by atoms with Crippen molar-refractivity contribution in [1.82, 2.24) is 4.98 Å². The summed E-state index contributed by atoms with van der Waals surface area (Å²) < 4.78 is 13.4. The van der Waals surface area contributed by atoms with Crippen molar-refractivity contribution in [1.29, 1.82) is 0 Å². The molecule has 0 fully saturated rings. The number of aliphatic hydroxyl groups excluding tert-OH is 1. The molecule has 2 heterocycles. The standard InChI is InChI=1S/C12H10FNOS/c13-11(3-5-15)12-6-10(8-16-12)9-2-1-4-14-7-9/h1-4,6-8,15H,5H2/b11-3+. The lowest BCUT2D eigenvalue weighted by molar-refractivity contribution is 0.342. The van der Waals surface area contributed by atoms with Crippen molar-refractivity contribution in [3.8, 4) is 11.1 Å². The summed E-state index contributed by atoms with van der Waals surface area (Å²) in [5.74, 6) is -0.386. The Bertz CT molecular complexity index is 493. The molecule has 1 N–H and O–H groups in total. The zero-order chi connectivity index (χ0) is 11.4. The van der Waals surface area contributed by atoms with Gasteiger partial charge in [0.05, 0.1) is 11.5 Å². The fourth-order valence-corrected chi connectivity index (χ4v) is 2.18. The van der Waals surface area contributed by atoms with Crippen molar-refractivity contribution >= 4 is 17.2 Å². The molecular formula is C12H10FNOS. The van der Waals surface area contributed by atoms with Gasteiger partial charge in [0.1, 0.15) is 5.83 Å². The normalized spacial score (nSPS) is 11.8. The number of hydrogen-bond donors (Lipinski definition) is 1. The highest BCUT2D eigenvalue weighted by Crippen LogP contribution is 2.29. The SMILES string of the molecule is OC/C=C(/F)c1cc(-c2cccnc2)cs1. The van der Waals surface area contributed by atoms with Gasteiger partial charge in [-0.05, 0) is 29.2 Å². The van der Waals surface area contributed by atoms with Crippen LogP contribution in [-0.4, -0.2) is 16.7 Å². The van der Waals surface area contributed by atoms with E-state index in [0.29, 0.717) is 4.88 Å². The third-order valence-electron chi connectivity index (χ3n) is 2.10. The zero-order valence-electron chi connectivity index (χ0n) is 8.43. The third kappa shape index (κ3) is 2.35. The van der Waals surface area contributed by atoms with Gasteiger partial charge < -0.3 is 5.11 Å². The van der Waals surface area contributed by atoms with Crippen molar-refractivity contribution in [3.05, 3.63) is 46.9 Å². The number of thiophene rings is 1. The van der Waals surface area contributed by atoms with E-state index >= 15 is 0 Å². The van der Waals surface area contributed by atoms with Crippen molar-refractivity contribution < 1.29 is 9.50 Å². The molecule has 0 atom stereocenters. The maximum absolute atomic E-state index is 13.4. The molecule has 0 spiro atoms. The maximum Gasteiger partial charge on any atom is 0.138 e. The van der Waals surface area contributed by atoms with Gasteiger partial charge in [0.25, 0.3) is 0 Å². The summed E-state index contributed by atoms with van der Waals surface area (Å²) in [7, 11) is 0. The Kier molecular flexibility index (Phi) is 3.44. The van der Waals surface area contributed by atoms with Crippen LogP contribution in [0.2, 0.25) is 0 Å². The van der Waals surface area contributed by atoms with E-state index in [1.54, 1.807) is 18.5 Å². The third-order valence-corrected chi connectivity index (χ3v) is 3.04. The van der Waals surface area contributed by atoms with Gasteiger partial charge in [-0.1, -0.05) is 6.07 Å². The van der Waals surface area contributed by atoms with Crippen LogP contribution in [0.15, 0.2) is 42.0 Å². The van der Waals surface area contributed by atoms with E-state index in [2.05, 4.69) is 4.98 Å². The van der Waals surface area contributed by atoms with E-state index in [1.807, 2.05) is 17.5 Å². The molecule has 0 amide bonds. The summed E-state index contributed by atoms with van der Waals surface area (Å²) in [5.41, 5.74) is 1.90. The molecule has 82 valence electrons. The van der Waals surface area contributed by atoms with Gasteiger partial charge in [0, 0.05) is 18.0 Å². The molecule has 4 heteroatoms. The summed E-state index contributed by atoms with van der Waals surface area (Å²) in [6.45, 7) is -0.286. The molecule has 2 nitrogen and oxygen atoms in total. The molecule has 16 heavy (non-hydrogen) atoms. The number of nitrogens with zero attached hydrogens (tertiary/aromatic N) is 1. The van der Waals surface area contributed by atoms with Crippen LogP contribution in [-0.2, 0) is 0 Å². The molecule has 0 bridgehead atoms. The Labute approximate surface area is 96.7 Å². The Hall–Kier alpha value is -1.52. The molecule has 0 saturated heterocycles. The number of aliphatic hydroxyl groups is 1. The minimum Gasteiger partial charge on any atom is -0.392 e. The molecule has 0 aliphatic heterocycles. The maximum atomic E-state index is 13.4. The largest absolute Gasteiger partial charge is 0.392 e. The van der Waals surface area contributed by atoms with Crippen molar-refractivity contribution in [3.63, 3.8) is 0 Å². The highest BCUT2D eigenvalue weighted by Gasteiger charge is 2.05. The quantitative estimate of drug-likeness (QED) is 0.886. The van der Waals surface area contributed by atoms with Gasteiger partial charge in [-0.3, -0.25) is 4.98 Å². The second-order valence-corrected chi connectivity index (χ2v) is 4.09. The molecule has 0 unspecified atom stereocenters. The van der Waals surface area contributed by atoms with Gasteiger partial charge in [-0.25, -0.2) is 4.39 Å². The molecule has 0 aliphatic carbocycles. The summed E-state index contributed by atoms with van der Waals surface area (Å²) in [4.78, 5) is 4.53. The molecule has 2 rings (SSSR count). The molecule has 0 radical (unpaired) electrons. The van der Waals surface area contributed by atoms with Crippen LogP contribution in [0.5, 0.6) is 0 Å². The first kappa shape index (κ1) is 11.0. The molecule has 2 aromatic rings. The van der Waals surface area contributed by atoms with Crippen LogP contribution in [0.25, 0.3) is 17.0 Å². The predicted molar refractivity (Wildman–Crippen MR) is 63.7 cm³/mol. The van der Waals surface area contributed by atoms with E-state index in [0.717, 1.165) is 17.2 Å². The van der Waals surface area contributed by atoms with Crippen LogP contribution in [0, 0.1) is 0 Å². The fraction of sp³-hybridized carbons (Fsp3) is 0.0833. The lowest BCUT2D eigenvalue weighted by Gasteiger charge is -1.94. The lowest BCUT2D eigenvalue weighted by Crippen LogP contribution is -1.77. The minimum atomic E-state index is -0.386. The summed E-state index contributed by atoms with van der Waals surface area (Å²) in [6.07, 6.45) is 4.58. The van der Waals surface area contributed by atoms with Gasteiger partial charge in [-0.2, -0.15) is 0 Å². The molecule has 2 aromatic heterocycles. The van der Waals surface area contributed by atoms with Crippen LogP contribution in [0.3, 0.4) is 0 Å². The number of rotatable bonds is 3. The van der Waals surface area contributed by atoms with Gasteiger partial charge in [0.2, 0.25) is 0 Å². The molecule has 0 saturated carbocycles. The van der Waals surface area contributed by atoms with Crippen molar-refractivity contribution in [2.45, 2.75) is 0 Å². The van der Waals surface area contributed by atoms with E-state index in [9.17, 15) is 4.39 Å². The number of halogens is 1. The van der Waals surface area contributed by atoms with Crippen LogP contribution < -0.4 is 0 Å². The number of aromatic nitrogens is 1. The first-order valence-electron chi connectivity index (χ1n) is 4.77. The van der Waals surface area contributed by atoms with Crippen molar-refractivity contribution in [2.75, 3.05) is 6.61 Å². The van der Waals surface area contributed by atoms with Crippen LogP contribution >= 0.6 is 11.3 Å². The second-order valence-electron chi connectivity index (χ2n) is 3.18. The lowest BCUT2D eigenvalue weighted by atomic mass is 10.1. The minimum absolute atomic E-state index is 0.286. The smallest absolute Gasteiger partial charge is 0.138 e. The van der Waals surface area contributed by atoms with Crippen molar-refractivity contribution in [2.24, 2.45) is 0 Å². The van der Waals surface area contributed by atoms with E-state index in [1.165, 1.54) is 11.3 Å².